The maximum absolute atomic E-state index is 10.3. The smallest absolute Gasteiger partial charge is 0.307 e. The Labute approximate surface area is 78.9 Å². The molecule has 1 rings (SSSR count). The van der Waals surface area contributed by atoms with Gasteiger partial charge in [-0.15, -0.1) is 0 Å². The zero-order chi connectivity index (χ0) is 9.14. The molecule has 0 radical (unpaired) electrons. The zero-order valence-corrected chi connectivity index (χ0v) is 7.43. The van der Waals surface area contributed by atoms with Crippen LogP contribution in [0.1, 0.15) is 5.56 Å². The molecule has 0 amide bonds. The summed E-state index contributed by atoms with van der Waals surface area (Å²) >= 11 is 11.3. The highest BCUT2D eigenvalue weighted by molar-refractivity contribution is 6.42. The quantitative estimate of drug-likeness (QED) is 0.804. The van der Waals surface area contributed by atoms with Crippen LogP contribution in [-0.4, -0.2) is 16.1 Å². The fraction of sp³-hybridized carbons (Fsp3) is 0.143. The Balaban J connectivity index is 3.00. The minimum Gasteiger partial charge on any atom is -0.481 e. The van der Waals surface area contributed by atoms with Crippen LogP contribution in [0.15, 0.2) is 12.4 Å². The molecule has 0 spiro atoms. The fourth-order valence-electron chi connectivity index (χ4n) is 0.746. The Kier molecular flexibility index (Phi) is 2.89. The summed E-state index contributed by atoms with van der Waals surface area (Å²) in [5, 5.41) is 8.98. The first-order valence-electron chi connectivity index (χ1n) is 3.11. The van der Waals surface area contributed by atoms with Crippen molar-refractivity contribution in [3.05, 3.63) is 28.0 Å². The number of carbonyl (C=O) groups is 1. The van der Waals surface area contributed by atoms with Gasteiger partial charge in [0.05, 0.1) is 16.5 Å². The van der Waals surface area contributed by atoms with Crippen LogP contribution >= 0.6 is 23.2 Å². The molecule has 1 aromatic heterocycles. The van der Waals surface area contributed by atoms with Gasteiger partial charge in [0.25, 0.3) is 0 Å². The molecule has 64 valence electrons. The lowest BCUT2D eigenvalue weighted by atomic mass is 10.2. The molecule has 0 aliphatic rings. The molecule has 0 aliphatic heterocycles. The first-order chi connectivity index (χ1) is 5.61. The molecule has 1 heterocycles. The van der Waals surface area contributed by atoms with Crippen molar-refractivity contribution in [1.29, 1.82) is 0 Å². The summed E-state index contributed by atoms with van der Waals surface area (Å²) < 4.78 is 0. The summed E-state index contributed by atoms with van der Waals surface area (Å²) in [4.78, 5) is 14.0. The van der Waals surface area contributed by atoms with Gasteiger partial charge in [-0.25, -0.2) is 0 Å². The van der Waals surface area contributed by atoms with Crippen LogP contribution in [0.5, 0.6) is 0 Å². The Bertz CT molecular complexity index is 314. The summed E-state index contributed by atoms with van der Waals surface area (Å²) in [6, 6.07) is 0. The Morgan fingerprint density at radius 3 is 2.75 bits per heavy atom. The van der Waals surface area contributed by atoms with Crippen molar-refractivity contribution < 1.29 is 9.90 Å². The molecule has 5 heteroatoms. The topological polar surface area (TPSA) is 50.2 Å². The first-order valence-corrected chi connectivity index (χ1v) is 3.86. The number of aliphatic carboxylic acids is 1. The van der Waals surface area contributed by atoms with Crippen LogP contribution < -0.4 is 0 Å². The molecule has 0 atom stereocenters. The number of halogens is 2. The van der Waals surface area contributed by atoms with E-state index in [1.807, 2.05) is 0 Å². The van der Waals surface area contributed by atoms with E-state index >= 15 is 0 Å². The lowest BCUT2D eigenvalue weighted by molar-refractivity contribution is -0.136. The second-order valence-corrected chi connectivity index (χ2v) is 2.95. The summed E-state index contributed by atoms with van der Waals surface area (Å²) in [7, 11) is 0. The minimum atomic E-state index is -0.957. The molecule has 0 saturated heterocycles. The maximum Gasteiger partial charge on any atom is 0.307 e. The predicted octanol–water partition coefficient (Wildman–Crippen LogP) is 2.02. The van der Waals surface area contributed by atoms with E-state index in [1.54, 1.807) is 0 Å². The molecule has 1 aromatic rings. The van der Waals surface area contributed by atoms with Gasteiger partial charge in [-0.2, -0.15) is 0 Å². The van der Waals surface area contributed by atoms with Crippen molar-refractivity contribution in [2.75, 3.05) is 0 Å². The van der Waals surface area contributed by atoms with Gasteiger partial charge < -0.3 is 5.11 Å². The van der Waals surface area contributed by atoms with E-state index in [1.165, 1.54) is 12.4 Å². The number of carboxylic acids is 1. The average Bonchev–Trinajstić information content (AvgIpc) is 1.98. The maximum atomic E-state index is 10.3. The Hall–Kier alpha value is -0.800. The highest BCUT2D eigenvalue weighted by Gasteiger charge is 2.08. The van der Waals surface area contributed by atoms with Crippen LogP contribution in [0, 0.1) is 0 Å². The van der Waals surface area contributed by atoms with Crippen LogP contribution in [0.3, 0.4) is 0 Å². The van der Waals surface area contributed by atoms with Gasteiger partial charge in [0.2, 0.25) is 0 Å². The van der Waals surface area contributed by atoms with Crippen LogP contribution in [0.4, 0.5) is 0 Å². The predicted molar refractivity (Wildman–Crippen MR) is 45.6 cm³/mol. The summed E-state index contributed by atoms with van der Waals surface area (Å²) in [6.07, 6.45) is 2.60. The molecule has 12 heavy (non-hydrogen) atoms. The van der Waals surface area contributed by atoms with E-state index in [2.05, 4.69) is 4.98 Å². The largest absolute Gasteiger partial charge is 0.481 e. The average molecular weight is 206 g/mol. The number of pyridine rings is 1. The van der Waals surface area contributed by atoms with E-state index in [-0.39, 0.29) is 16.5 Å². The van der Waals surface area contributed by atoms with Crippen LogP contribution in [0.25, 0.3) is 0 Å². The summed E-state index contributed by atoms with van der Waals surface area (Å²) in [6.45, 7) is 0. The third-order valence-electron chi connectivity index (χ3n) is 1.25. The van der Waals surface area contributed by atoms with Gasteiger partial charge in [-0.3, -0.25) is 9.78 Å². The lowest BCUT2D eigenvalue weighted by Crippen LogP contribution is -2.01. The van der Waals surface area contributed by atoms with Crippen LogP contribution in [0.2, 0.25) is 10.0 Å². The monoisotopic (exact) mass is 205 g/mol. The van der Waals surface area contributed by atoms with Crippen molar-refractivity contribution in [2.45, 2.75) is 6.42 Å². The van der Waals surface area contributed by atoms with Crippen molar-refractivity contribution in [2.24, 2.45) is 0 Å². The van der Waals surface area contributed by atoms with Gasteiger partial charge in [0.15, 0.2) is 0 Å². The number of hydrogen-bond donors (Lipinski definition) is 1. The number of nitrogens with zero attached hydrogens (tertiary/aromatic N) is 1. The SMILES string of the molecule is O=C(O)Cc1cncc(Cl)c1Cl. The molecule has 0 unspecified atom stereocenters. The molecule has 0 saturated carbocycles. The number of aromatic nitrogens is 1. The second kappa shape index (κ2) is 3.74. The standard InChI is InChI=1S/C7H5Cl2NO2/c8-5-3-10-2-4(7(5)9)1-6(11)12/h2-3H,1H2,(H,11,12). The molecule has 0 aliphatic carbocycles. The minimum absolute atomic E-state index is 0.160. The van der Waals surface area contributed by atoms with Gasteiger partial charge in [0, 0.05) is 18.0 Å². The molecular formula is C7H5Cl2NO2. The van der Waals surface area contributed by atoms with E-state index in [9.17, 15) is 4.79 Å². The van der Waals surface area contributed by atoms with E-state index in [0.717, 1.165) is 0 Å². The summed E-state index contributed by atoms with van der Waals surface area (Å²) in [5.41, 5.74) is 0.427. The Morgan fingerprint density at radius 1 is 1.50 bits per heavy atom. The highest BCUT2D eigenvalue weighted by Crippen LogP contribution is 2.24. The van der Waals surface area contributed by atoms with Crippen molar-refractivity contribution >= 4 is 29.2 Å². The number of carboxylic acid groups (broad SMARTS) is 1. The van der Waals surface area contributed by atoms with Crippen LogP contribution in [-0.2, 0) is 11.2 Å². The third-order valence-corrected chi connectivity index (χ3v) is 2.08. The van der Waals surface area contributed by atoms with Crippen molar-refractivity contribution in [1.82, 2.24) is 4.98 Å². The van der Waals surface area contributed by atoms with Crippen molar-refractivity contribution in [3.8, 4) is 0 Å². The number of rotatable bonds is 2. The second-order valence-electron chi connectivity index (χ2n) is 2.16. The van der Waals surface area contributed by atoms with E-state index in [4.69, 9.17) is 28.3 Å². The lowest BCUT2D eigenvalue weighted by Gasteiger charge is -2.00. The normalized spacial score (nSPS) is 9.83. The molecular weight excluding hydrogens is 201 g/mol. The number of hydrogen-bond acceptors (Lipinski definition) is 2. The van der Waals surface area contributed by atoms with E-state index < -0.39 is 5.97 Å². The molecule has 0 aromatic carbocycles. The molecule has 0 bridgehead atoms. The first kappa shape index (κ1) is 9.29. The highest BCUT2D eigenvalue weighted by atomic mass is 35.5. The summed E-state index contributed by atoms with van der Waals surface area (Å²) in [5.74, 6) is -0.957. The zero-order valence-electron chi connectivity index (χ0n) is 5.92. The Morgan fingerprint density at radius 2 is 2.17 bits per heavy atom. The van der Waals surface area contributed by atoms with Gasteiger partial charge in [0.1, 0.15) is 0 Å². The van der Waals surface area contributed by atoms with Gasteiger partial charge >= 0.3 is 5.97 Å². The fourth-order valence-corrected chi connectivity index (χ4v) is 1.09. The van der Waals surface area contributed by atoms with E-state index in [0.29, 0.717) is 5.56 Å². The van der Waals surface area contributed by atoms with Gasteiger partial charge in [-0.1, -0.05) is 23.2 Å². The third kappa shape index (κ3) is 2.09. The van der Waals surface area contributed by atoms with Gasteiger partial charge in [-0.05, 0) is 0 Å². The molecule has 0 fully saturated rings. The van der Waals surface area contributed by atoms with Crippen molar-refractivity contribution in [3.63, 3.8) is 0 Å². The molecule has 1 N–H and O–H groups in total. The molecule has 3 nitrogen and oxygen atoms in total.